The van der Waals surface area contributed by atoms with Crippen LogP contribution in [0.4, 0.5) is 23.2 Å². The highest BCUT2D eigenvalue weighted by Crippen LogP contribution is 2.36. The van der Waals surface area contributed by atoms with Crippen LogP contribution in [0.2, 0.25) is 0 Å². The van der Waals surface area contributed by atoms with Crippen molar-refractivity contribution in [2.45, 2.75) is 6.18 Å². The summed E-state index contributed by atoms with van der Waals surface area (Å²) in [5.74, 6) is -3.65. The van der Waals surface area contributed by atoms with E-state index in [4.69, 9.17) is 10.8 Å². The Kier molecular flexibility index (Phi) is 2.57. The van der Waals surface area contributed by atoms with Gasteiger partial charge in [0.1, 0.15) is 5.56 Å². The number of anilines is 1. The van der Waals surface area contributed by atoms with Crippen LogP contribution in [0.15, 0.2) is 12.1 Å². The third-order valence-corrected chi connectivity index (χ3v) is 1.69. The average molecular weight is 223 g/mol. The smallest absolute Gasteiger partial charge is 0.421 e. The molecule has 0 spiro atoms. The Balaban J connectivity index is 3.51. The van der Waals surface area contributed by atoms with Gasteiger partial charge in [0.15, 0.2) is 5.82 Å². The summed E-state index contributed by atoms with van der Waals surface area (Å²) >= 11 is 0. The largest absolute Gasteiger partial charge is 0.478 e. The van der Waals surface area contributed by atoms with Crippen LogP contribution in [0, 0.1) is 5.82 Å². The molecule has 0 amide bonds. The molecule has 0 radical (unpaired) electrons. The fourth-order valence-corrected chi connectivity index (χ4v) is 1.04. The number of aromatic carboxylic acids is 1. The zero-order valence-corrected chi connectivity index (χ0v) is 7.10. The van der Waals surface area contributed by atoms with Crippen molar-refractivity contribution in [2.75, 3.05) is 5.73 Å². The van der Waals surface area contributed by atoms with E-state index >= 15 is 0 Å². The molecule has 3 nitrogen and oxygen atoms in total. The third kappa shape index (κ3) is 2.00. The van der Waals surface area contributed by atoms with E-state index < -0.39 is 34.8 Å². The Hall–Kier alpha value is -1.79. The summed E-state index contributed by atoms with van der Waals surface area (Å²) < 4.78 is 49.8. The molecule has 0 saturated heterocycles. The molecular weight excluding hydrogens is 218 g/mol. The minimum atomic E-state index is -5.01. The van der Waals surface area contributed by atoms with Gasteiger partial charge in [0.05, 0.1) is 5.56 Å². The van der Waals surface area contributed by atoms with Crippen LogP contribution in [-0.2, 0) is 6.18 Å². The van der Waals surface area contributed by atoms with Crippen LogP contribution in [0.3, 0.4) is 0 Å². The number of benzene rings is 1. The number of carbonyl (C=O) groups is 1. The molecule has 0 unspecified atom stereocenters. The van der Waals surface area contributed by atoms with Crippen molar-refractivity contribution in [3.8, 4) is 0 Å². The Morgan fingerprint density at radius 2 is 1.87 bits per heavy atom. The monoisotopic (exact) mass is 223 g/mol. The quantitative estimate of drug-likeness (QED) is 0.566. The number of alkyl halides is 3. The normalized spacial score (nSPS) is 11.5. The number of rotatable bonds is 1. The summed E-state index contributed by atoms with van der Waals surface area (Å²) in [7, 11) is 0. The summed E-state index contributed by atoms with van der Waals surface area (Å²) in [5, 5.41) is 8.40. The number of carboxylic acid groups (broad SMARTS) is 1. The van der Waals surface area contributed by atoms with E-state index in [-0.39, 0.29) is 0 Å². The highest BCUT2D eigenvalue weighted by atomic mass is 19.4. The van der Waals surface area contributed by atoms with E-state index in [0.29, 0.717) is 12.1 Å². The zero-order chi connectivity index (χ0) is 11.8. The highest BCUT2D eigenvalue weighted by Gasteiger charge is 2.38. The fourth-order valence-electron chi connectivity index (χ4n) is 1.04. The highest BCUT2D eigenvalue weighted by molar-refractivity contribution is 5.89. The van der Waals surface area contributed by atoms with E-state index in [0.717, 1.165) is 0 Å². The predicted molar refractivity (Wildman–Crippen MR) is 42.8 cm³/mol. The first-order chi connectivity index (χ1) is 6.75. The van der Waals surface area contributed by atoms with E-state index in [9.17, 15) is 22.4 Å². The molecule has 0 aliphatic rings. The molecular formula is C8H5F4NO2. The molecule has 0 aromatic heterocycles. The van der Waals surface area contributed by atoms with E-state index in [1.165, 1.54) is 0 Å². The van der Waals surface area contributed by atoms with Crippen LogP contribution in [0.1, 0.15) is 15.9 Å². The van der Waals surface area contributed by atoms with Crippen LogP contribution >= 0.6 is 0 Å². The summed E-state index contributed by atoms with van der Waals surface area (Å²) in [6, 6.07) is 1.39. The molecule has 82 valence electrons. The van der Waals surface area contributed by atoms with Gasteiger partial charge in [-0.3, -0.25) is 0 Å². The van der Waals surface area contributed by atoms with Crippen LogP contribution in [0.5, 0.6) is 0 Å². The number of hydrogen-bond acceptors (Lipinski definition) is 2. The maximum Gasteiger partial charge on any atom is 0.421 e. The van der Waals surface area contributed by atoms with Crippen LogP contribution < -0.4 is 5.73 Å². The number of halogens is 4. The maximum atomic E-state index is 13.1. The molecule has 0 heterocycles. The Labute approximate surface area is 81.1 Å². The average Bonchev–Trinajstić information content (AvgIpc) is 2.00. The molecule has 3 N–H and O–H groups in total. The standard InChI is InChI=1S/C8H5F4NO2/c9-6-3(7(14)15)1-2-4(13)5(6)8(10,11)12/h1-2H,13H2,(H,14,15). The van der Waals surface area contributed by atoms with Gasteiger partial charge in [0.2, 0.25) is 0 Å². The lowest BCUT2D eigenvalue weighted by Crippen LogP contribution is -2.15. The minimum absolute atomic E-state index is 0.683. The molecule has 1 aromatic carbocycles. The molecule has 1 aromatic rings. The van der Waals surface area contributed by atoms with Gasteiger partial charge in [-0.15, -0.1) is 0 Å². The molecule has 0 saturated carbocycles. The van der Waals surface area contributed by atoms with Gasteiger partial charge in [-0.05, 0) is 12.1 Å². The Morgan fingerprint density at radius 1 is 1.33 bits per heavy atom. The topological polar surface area (TPSA) is 63.3 Å². The molecule has 0 fully saturated rings. The fraction of sp³-hybridized carbons (Fsp3) is 0.125. The van der Waals surface area contributed by atoms with E-state index in [1.807, 2.05) is 0 Å². The van der Waals surface area contributed by atoms with Gasteiger partial charge in [-0.25, -0.2) is 9.18 Å². The lowest BCUT2D eigenvalue weighted by molar-refractivity contribution is -0.139. The van der Waals surface area contributed by atoms with Gasteiger partial charge in [0, 0.05) is 5.69 Å². The number of nitrogens with two attached hydrogens (primary N) is 1. The Morgan fingerprint density at radius 3 is 2.27 bits per heavy atom. The first kappa shape index (κ1) is 11.3. The predicted octanol–water partition coefficient (Wildman–Crippen LogP) is 2.12. The molecule has 1 rings (SSSR count). The number of carboxylic acids is 1. The second-order valence-electron chi connectivity index (χ2n) is 2.69. The van der Waals surface area contributed by atoms with E-state index in [1.54, 1.807) is 0 Å². The van der Waals surface area contributed by atoms with Gasteiger partial charge in [0.25, 0.3) is 0 Å². The summed E-state index contributed by atoms with van der Waals surface area (Å²) in [5.41, 5.74) is 1.27. The van der Waals surface area contributed by atoms with Crippen LogP contribution in [-0.4, -0.2) is 11.1 Å². The van der Waals surface area contributed by atoms with Crippen molar-refractivity contribution in [3.05, 3.63) is 29.1 Å². The second kappa shape index (κ2) is 3.41. The minimum Gasteiger partial charge on any atom is -0.478 e. The molecule has 15 heavy (non-hydrogen) atoms. The van der Waals surface area contributed by atoms with Gasteiger partial charge in [-0.2, -0.15) is 13.2 Å². The van der Waals surface area contributed by atoms with Crippen molar-refractivity contribution in [1.29, 1.82) is 0 Å². The zero-order valence-electron chi connectivity index (χ0n) is 7.10. The van der Waals surface area contributed by atoms with Crippen molar-refractivity contribution in [2.24, 2.45) is 0 Å². The molecule has 0 bridgehead atoms. The summed E-state index contributed by atoms with van der Waals surface area (Å²) in [6.45, 7) is 0. The number of nitrogen functional groups attached to an aromatic ring is 1. The van der Waals surface area contributed by atoms with Crippen molar-refractivity contribution in [3.63, 3.8) is 0 Å². The van der Waals surface area contributed by atoms with Gasteiger partial charge < -0.3 is 10.8 Å². The van der Waals surface area contributed by atoms with Crippen molar-refractivity contribution < 1.29 is 27.5 Å². The lowest BCUT2D eigenvalue weighted by Gasteiger charge is -2.11. The lowest BCUT2D eigenvalue weighted by atomic mass is 10.1. The van der Waals surface area contributed by atoms with Crippen molar-refractivity contribution >= 4 is 11.7 Å². The maximum absolute atomic E-state index is 13.1. The van der Waals surface area contributed by atoms with Crippen LogP contribution in [0.25, 0.3) is 0 Å². The Bertz CT molecular complexity index is 414. The molecule has 0 atom stereocenters. The molecule has 0 aliphatic heterocycles. The number of hydrogen-bond donors (Lipinski definition) is 2. The summed E-state index contributed by atoms with van der Waals surface area (Å²) in [4.78, 5) is 10.4. The van der Waals surface area contributed by atoms with E-state index in [2.05, 4.69) is 0 Å². The SMILES string of the molecule is Nc1ccc(C(=O)O)c(F)c1C(F)(F)F. The van der Waals surface area contributed by atoms with Crippen molar-refractivity contribution in [1.82, 2.24) is 0 Å². The summed E-state index contributed by atoms with van der Waals surface area (Å²) in [6.07, 6.45) is -5.01. The molecule has 0 aliphatic carbocycles. The first-order valence-corrected chi connectivity index (χ1v) is 3.63. The molecule has 7 heteroatoms. The van der Waals surface area contributed by atoms with Gasteiger partial charge >= 0.3 is 12.1 Å². The second-order valence-corrected chi connectivity index (χ2v) is 2.69. The third-order valence-electron chi connectivity index (χ3n) is 1.69. The first-order valence-electron chi connectivity index (χ1n) is 3.63. The van der Waals surface area contributed by atoms with Gasteiger partial charge in [-0.1, -0.05) is 0 Å².